The van der Waals surface area contributed by atoms with Crippen LogP contribution in [-0.2, 0) is 0 Å². The molecule has 1 aromatic heterocycles. The van der Waals surface area contributed by atoms with Crippen molar-refractivity contribution in [1.29, 1.82) is 0 Å². The molecule has 66 valence electrons. The molecule has 0 aliphatic carbocycles. The highest BCUT2D eigenvalue weighted by atomic mass is 16.5. The highest BCUT2D eigenvalue weighted by molar-refractivity contribution is 5.17. The van der Waals surface area contributed by atoms with Gasteiger partial charge in [-0.2, -0.15) is 0 Å². The van der Waals surface area contributed by atoms with E-state index >= 15 is 0 Å². The summed E-state index contributed by atoms with van der Waals surface area (Å²) in [6.45, 7) is 3.92. The lowest BCUT2D eigenvalue weighted by Crippen LogP contribution is -2.21. The Kier molecular flexibility index (Phi) is 2.53. The van der Waals surface area contributed by atoms with Crippen molar-refractivity contribution in [3.8, 4) is 5.75 Å². The summed E-state index contributed by atoms with van der Waals surface area (Å²) in [5.74, 6) is 0.395. The maximum Gasteiger partial charge on any atom is 0.293 e. The van der Waals surface area contributed by atoms with E-state index in [1.807, 2.05) is 13.8 Å². The largest absolute Gasteiger partial charge is 0.491 e. The first kappa shape index (κ1) is 8.84. The van der Waals surface area contributed by atoms with Gasteiger partial charge in [0.2, 0.25) is 0 Å². The molecule has 0 N–H and O–H groups in total. The van der Waals surface area contributed by atoms with Gasteiger partial charge in [-0.1, -0.05) is 0 Å². The van der Waals surface area contributed by atoms with E-state index < -0.39 is 0 Å². The summed E-state index contributed by atoms with van der Waals surface area (Å²) in [4.78, 5) is 11.5. The summed E-state index contributed by atoms with van der Waals surface area (Å²) in [6, 6.07) is 3.65. The lowest BCUT2D eigenvalue weighted by atomic mass is 10.3. The molecule has 1 aromatic rings. The van der Waals surface area contributed by atoms with Crippen molar-refractivity contribution in [3.05, 3.63) is 28.7 Å². The Morgan fingerprint density at radius 1 is 1.50 bits per heavy atom. The predicted molar refractivity (Wildman–Crippen MR) is 47.6 cm³/mol. The zero-order valence-corrected chi connectivity index (χ0v) is 7.57. The maximum atomic E-state index is 11.5. The van der Waals surface area contributed by atoms with Crippen molar-refractivity contribution >= 4 is 0 Å². The molecule has 0 aliphatic rings. The Morgan fingerprint density at radius 3 is 2.67 bits per heavy atom. The van der Waals surface area contributed by atoms with Gasteiger partial charge in [-0.25, -0.2) is 0 Å². The summed E-state index contributed by atoms with van der Waals surface area (Å²) in [5.41, 5.74) is -0.0741. The van der Waals surface area contributed by atoms with Crippen LogP contribution in [0.2, 0.25) is 0 Å². The number of hydrogen-bond donors (Lipinski definition) is 0. The molecule has 0 spiro atoms. The van der Waals surface area contributed by atoms with Crippen molar-refractivity contribution in [3.63, 3.8) is 0 Å². The van der Waals surface area contributed by atoms with Crippen LogP contribution >= 0.6 is 0 Å². The first-order valence-corrected chi connectivity index (χ1v) is 3.92. The van der Waals surface area contributed by atoms with Crippen molar-refractivity contribution in [1.82, 2.24) is 4.57 Å². The van der Waals surface area contributed by atoms with Crippen LogP contribution in [0.5, 0.6) is 5.75 Å². The van der Waals surface area contributed by atoms with Gasteiger partial charge in [0.05, 0.1) is 7.11 Å². The molecule has 0 saturated carbocycles. The highest BCUT2D eigenvalue weighted by Crippen LogP contribution is 2.04. The Labute approximate surface area is 71.6 Å². The molecule has 0 amide bonds. The molecule has 0 fully saturated rings. The van der Waals surface area contributed by atoms with E-state index in [1.165, 1.54) is 7.11 Å². The predicted octanol–water partition coefficient (Wildman–Crippen LogP) is 1.44. The summed E-state index contributed by atoms with van der Waals surface area (Å²) in [7, 11) is 1.50. The van der Waals surface area contributed by atoms with Gasteiger partial charge in [-0.05, 0) is 26.0 Å². The van der Waals surface area contributed by atoms with Crippen LogP contribution in [0.4, 0.5) is 0 Å². The van der Waals surface area contributed by atoms with Gasteiger partial charge in [-0.15, -0.1) is 0 Å². The summed E-state index contributed by atoms with van der Waals surface area (Å²) >= 11 is 0. The van der Waals surface area contributed by atoms with Gasteiger partial charge in [0.1, 0.15) is 0 Å². The molecular formula is C9H13NO2. The van der Waals surface area contributed by atoms with E-state index in [1.54, 1.807) is 22.9 Å². The van der Waals surface area contributed by atoms with Crippen LogP contribution in [0.25, 0.3) is 0 Å². The third-order valence-corrected chi connectivity index (χ3v) is 1.72. The molecular weight excluding hydrogens is 154 g/mol. The average molecular weight is 167 g/mol. The number of hydrogen-bond acceptors (Lipinski definition) is 2. The molecule has 0 aliphatic heterocycles. The second-order valence-corrected chi connectivity index (χ2v) is 2.88. The molecule has 0 unspecified atom stereocenters. The van der Waals surface area contributed by atoms with E-state index in [0.717, 1.165) is 0 Å². The number of aromatic nitrogens is 1. The summed E-state index contributed by atoms with van der Waals surface area (Å²) in [5, 5.41) is 0. The van der Waals surface area contributed by atoms with Gasteiger partial charge in [-0.3, -0.25) is 4.79 Å². The van der Waals surface area contributed by atoms with Crippen LogP contribution < -0.4 is 10.3 Å². The highest BCUT2D eigenvalue weighted by Gasteiger charge is 2.04. The molecule has 0 saturated heterocycles. The third kappa shape index (κ3) is 1.49. The Bertz CT molecular complexity index is 315. The van der Waals surface area contributed by atoms with Crippen LogP contribution in [0, 0.1) is 0 Å². The topological polar surface area (TPSA) is 31.2 Å². The molecule has 1 heterocycles. The molecule has 0 aromatic carbocycles. The average Bonchev–Trinajstić information content (AvgIpc) is 2.04. The molecule has 3 nitrogen and oxygen atoms in total. The Hall–Kier alpha value is -1.25. The summed E-state index contributed by atoms with van der Waals surface area (Å²) in [6.07, 6.45) is 1.76. The van der Waals surface area contributed by atoms with Crippen molar-refractivity contribution in [2.45, 2.75) is 19.9 Å². The first-order chi connectivity index (χ1) is 5.66. The van der Waals surface area contributed by atoms with Gasteiger partial charge in [0.25, 0.3) is 5.56 Å². The minimum Gasteiger partial charge on any atom is -0.491 e. The fourth-order valence-electron chi connectivity index (χ4n) is 1.05. The lowest BCUT2D eigenvalue weighted by molar-refractivity contribution is 0.399. The Balaban J connectivity index is 3.24. The molecule has 3 heteroatoms. The van der Waals surface area contributed by atoms with E-state index in [0.29, 0.717) is 5.75 Å². The maximum absolute atomic E-state index is 11.5. The monoisotopic (exact) mass is 167 g/mol. The number of nitrogens with zero attached hydrogens (tertiary/aromatic N) is 1. The number of rotatable bonds is 2. The van der Waals surface area contributed by atoms with E-state index in [2.05, 4.69) is 0 Å². The van der Waals surface area contributed by atoms with E-state index in [4.69, 9.17) is 4.74 Å². The van der Waals surface area contributed by atoms with Crippen LogP contribution in [-0.4, -0.2) is 11.7 Å². The van der Waals surface area contributed by atoms with Gasteiger partial charge in [0, 0.05) is 12.2 Å². The van der Waals surface area contributed by atoms with Crippen molar-refractivity contribution in [2.24, 2.45) is 0 Å². The van der Waals surface area contributed by atoms with E-state index in [-0.39, 0.29) is 11.6 Å². The fourth-order valence-corrected chi connectivity index (χ4v) is 1.05. The zero-order valence-electron chi connectivity index (χ0n) is 7.57. The standard InChI is InChI=1S/C9H13NO2/c1-7(2)10-6-4-5-8(12-3)9(10)11/h4-7H,1-3H3. The minimum atomic E-state index is -0.0741. The van der Waals surface area contributed by atoms with Crippen LogP contribution in [0.3, 0.4) is 0 Å². The van der Waals surface area contributed by atoms with Crippen LogP contribution in [0.15, 0.2) is 23.1 Å². The van der Waals surface area contributed by atoms with Gasteiger partial charge in [0.15, 0.2) is 5.75 Å². The molecule has 12 heavy (non-hydrogen) atoms. The SMILES string of the molecule is COc1cccn(C(C)C)c1=O. The lowest BCUT2D eigenvalue weighted by Gasteiger charge is -2.09. The molecule has 0 atom stereocenters. The third-order valence-electron chi connectivity index (χ3n) is 1.72. The number of ether oxygens (including phenoxy) is 1. The normalized spacial score (nSPS) is 10.3. The second kappa shape index (κ2) is 3.43. The summed E-state index contributed by atoms with van der Waals surface area (Å²) < 4.78 is 6.54. The van der Waals surface area contributed by atoms with Gasteiger partial charge < -0.3 is 9.30 Å². The fraction of sp³-hybridized carbons (Fsp3) is 0.444. The molecule has 0 radical (unpaired) electrons. The van der Waals surface area contributed by atoms with Crippen molar-refractivity contribution < 1.29 is 4.74 Å². The van der Waals surface area contributed by atoms with Crippen molar-refractivity contribution in [2.75, 3.05) is 7.11 Å². The first-order valence-electron chi connectivity index (χ1n) is 3.92. The number of methoxy groups -OCH3 is 1. The molecule has 0 bridgehead atoms. The van der Waals surface area contributed by atoms with Gasteiger partial charge >= 0.3 is 0 Å². The minimum absolute atomic E-state index is 0.0741. The Morgan fingerprint density at radius 2 is 2.17 bits per heavy atom. The number of pyridine rings is 1. The quantitative estimate of drug-likeness (QED) is 0.667. The van der Waals surface area contributed by atoms with Crippen LogP contribution in [0.1, 0.15) is 19.9 Å². The molecule has 1 rings (SSSR count). The zero-order chi connectivity index (χ0) is 9.14. The van der Waals surface area contributed by atoms with E-state index in [9.17, 15) is 4.79 Å². The second-order valence-electron chi connectivity index (χ2n) is 2.88. The smallest absolute Gasteiger partial charge is 0.293 e.